The summed E-state index contributed by atoms with van der Waals surface area (Å²) in [7, 11) is 1.70. The highest BCUT2D eigenvalue weighted by molar-refractivity contribution is 5.95. The Labute approximate surface area is 147 Å². The van der Waals surface area contributed by atoms with Crippen molar-refractivity contribution in [1.82, 2.24) is 5.32 Å². The molecule has 0 aromatic heterocycles. The largest absolute Gasteiger partial charge is 0.350 e. The SMILES string of the molecule is CN1c2cccc([N+](=O)[O-])c2C=CC1NC(=O)c1cccc([N+](=O)[O-])c1. The quantitative estimate of drug-likeness (QED) is 0.666. The van der Waals surface area contributed by atoms with Crippen molar-refractivity contribution in [2.24, 2.45) is 0 Å². The lowest BCUT2D eigenvalue weighted by Gasteiger charge is -2.32. The third kappa shape index (κ3) is 3.09. The molecule has 1 N–H and O–H groups in total. The number of carbonyl (C=O) groups is 1. The topological polar surface area (TPSA) is 119 Å². The van der Waals surface area contributed by atoms with Gasteiger partial charge in [0.1, 0.15) is 6.17 Å². The summed E-state index contributed by atoms with van der Waals surface area (Å²) in [5.41, 5.74) is 1.03. The maximum Gasteiger partial charge on any atom is 0.278 e. The minimum atomic E-state index is -0.571. The first-order chi connectivity index (χ1) is 12.4. The van der Waals surface area contributed by atoms with Crippen LogP contribution in [0.15, 0.2) is 48.5 Å². The van der Waals surface area contributed by atoms with E-state index in [1.165, 1.54) is 30.3 Å². The molecule has 0 spiro atoms. The monoisotopic (exact) mass is 354 g/mol. The van der Waals surface area contributed by atoms with Gasteiger partial charge in [0, 0.05) is 30.8 Å². The summed E-state index contributed by atoms with van der Waals surface area (Å²) in [6, 6.07) is 10.1. The summed E-state index contributed by atoms with van der Waals surface area (Å²) in [5, 5.41) is 24.7. The van der Waals surface area contributed by atoms with Gasteiger partial charge in [0.15, 0.2) is 0 Å². The second-order valence-electron chi connectivity index (χ2n) is 5.66. The number of carbonyl (C=O) groups excluding carboxylic acids is 1. The molecule has 1 amide bonds. The molecule has 0 aliphatic carbocycles. The Balaban J connectivity index is 1.84. The molecule has 9 heteroatoms. The minimum Gasteiger partial charge on any atom is -0.350 e. The average molecular weight is 354 g/mol. The van der Waals surface area contributed by atoms with Gasteiger partial charge in [0.05, 0.1) is 21.1 Å². The molecule has 132 valence electrons. The molecule has 1 aliphatic heterocycles. The molecule has 2 aromatic carbocycles. The summed E-state index contributed by atoms with van der Waals surface area (Å²) in [6.45, 7) is 0. The number of nitrogens with zero attached hydrogens (tertiary/aromatic N) is 3. The zero-order chi connectivity index (χ0) is 18.8. The van der Waals surface area contributed by atoms with Crippen molar-refractivity contribution in [1.29, 1.82) is 0 Å². The summed E-state index contributed by atoms with van der Waals surface area (Å²) in [6.07, 6.45) is 2.67. The molecule has 0 radical (unpaired) electrons. The molecule has 0 bridgehead atoms. The fourth-order valence-electron chi connectivity index (χ4n) is 2.77. The molecule has 1 heterocycles. The van der Waals surface area contributed by atoms with Crippen LogP contribution in [0.5, 0.6) is 0 Å². The molecule has 3 rings (SSSR count). The zero-order valence-corrected chi connectivity index (χ0v) is 13.7. The average Bonchev–Trinajstić information content (AvgIpc) is 2.63. The third-order valence-corrected chi connectivity index (χ3v) is 4.10. The van der Waals surface area contributed by atoms with Crippen molar-refractivity contribution in [2.75, 3.05) is 11.9 Å². The lowest BCUT2D eigenvalue weighted by atomic mass is 10.0. The van der Waals surface area contributed by atoms with Crippen LogP contribution in [0.2, 0.25) is 0 Å². The van der Waals surface area contributed by atoms with Crippen molar-refractivity contribution >= 4 is 29.0 Å². The van der Waals surface area contributed by atoms with Crippen LogP contribution in [-0.4, -0.2) is 29.0 Å². The van der Waals surface area contributed by atoms with E-state index >= 15 is 0 Å². The molecular formula is C17H14N4O5. The van der Waals surface area contributed by atoms with Crippen molar-refractivity contribution in [2.45, 2.75) is 6.17 Å². The Morgan fingerprint density at radius 3 is 2.54 bits per heavy atom. The van der Waals surface area contributed by atoms with Gasteiger partial charge in [-0.3, -0.25) is 25.0 Å². The predicted molar refractivity (Wildman–Crippen MR) is 94.9 cm³/mol. The van der Waals surface area contributed by atoms with E-state index in [0.717, 1.165) is 0 Å². The van der Waals surface area contributed by atoms with Gasteiger partial charge in [-0.05, 0) is 24.3 Å². The number of hydrogen-bond donors (Lipinski definition) is 1. The molecule has 0 saturated carbocycles. The van der Waals surface area contributed by atoms with E-state index < -0.39 is 21.9 Å². The van der Waals surface area contributed by atoms with Gasteiger partial charge < -0.3 is 10.2 Å². The first kappa shape index (κ1) is 17.1. The third-order valence-electron chi connectivity index (χ3n) is 4.10. The fraction of sp³-hybridized carbons (Fsp3) is 0.118. The van der Waals surface area contributed by atoms with Crippen LogP contribution < -0.4 is 10.2 Å². The molecule has 2 aromatic rings. The van der Waals surface area contributed by atoms with Crippen LogP contribution >= 0.6 is 0 Å². The number of nitro benzene ring substituents is 2. The minimum absolute atomic E-state index is 0.0194. The second kappa shape index (κ2) is 6.63. The van der Waals surface area contributed by atoms with Gasteiger partial charge in [-0.1, -0.05) is 12.1 Å². The number of non-ortho nitro benzene ring substituents is 1. The summed E-state index contributed by atoms with van der Waals surface area (Å²) in [4.78, 5) is 35.1. The molecule has 1 unspecified atom stereocenters. The van der Waals surface area contributed by atoms with Crippen LogP contribution in [0.25, 0.3) is 6.08 Å². The Morgan fingerprint density at radius 1 is 1.12 bits per heavy atom. The van der Waals surface area contributed by atoms with Gasteiger partial charge in [0.2, 0.25) is 0 Å². The lowest BCUT2D eigenvalue weighted by molar-refractivity contribution is -0.385. The number of rotatable bonds is 4. The van der Waals surface area contributed by atoms with Crippen LogP contribution in [0.4, 0.5) is 17.1 Å². The Morgan fingerprint density at radius 2 is 1.85 bits per heavy atom. The summed E-state index contributed by atoms with van der Waals surface area (Å²) in [5.74, 6) is -0.482. The standard InChI is InChI=1S/C17H14N4O5/c1-19-14-6-3-7-15(21(25)26)13(14)8-9-16(19)18-17(22)11-4-2-5-12(10-11)20(23)24/h2-10,16H,1H3,(H,18,22). The van der Waals surface area contributed by atoms with Gasteiger partial charge in [-0.2, -0.15) is 0 Å². The van der Waals surface area contributed by atoms with Crippen molar-refractivity contribution < 1.29 is 14.6 Å². The van der Waals surface area contributed by atoms with E-state index in [-0.39, 0.29) is 16.9 Å². The first-order valence-corrected chi connectivity index (χ1v) is 7.62. The first-order valence-electron chi connectivity index (χ1n) is 7.62. The summed E-state index contributed by atoms with van der Waals surface area (Å²) < 4.78 is 0. The van der Waals surface area contributed by atoms with Crippen LogP contribution in [0, 0.1) is 20.2 Å². The normalized spacial score (nSPS) is 15.3. The van der Waals surface area contributed by atoms with E-state index in [0.29, 0.717) is 11.3 Å². The zero-order valence-electron chi connectivity index (χ0n) is 13.7. The molecular weight excluding hydrogens is 340 g/mol. The number of anilines is 1. The van der Waals surface area contributed by atoms with E-state index in [1.807, 2.05) is 0 Å². The van der Waals surface area contributed by atoms with Gasteiger partial charge in [0.25, 0.3) is 17.3 Å². The van der Waals surface area contributed by atoms with Crippen molar-refractivity contribution in [3.05, 3.63) is 79.9 Å². The number of nitro groups is 2. The van der Waals surface area contributed by atoms with Crippen LogP contribution in [-0.2, 0) is 0 Å². The van der Waals surface area contributed by atoms with Crippen LogP contribution in [0.1, 0.15) is 15.9 Å². The summed E-state index contributed by atoms with van der Waals surface area (Å²) >= 11 is 0. The Bertz CT molecular complexity index is 941. The predicted octanol–water partition coefficient (Wildman–Crippen LogP) is 2.72. The number of nitrogens with one attached hydrogen (secondary N) is 1. The Kier molecular flexibility index (Phi) is 4.36. The molecule has 0 fully saturated rings. The lowest BCUT2D eigenvalue weighted by Crippen LogP contribution is -2.46. The van der Waals surface area contributed by atoms with Crippen molar-refractivity contribution in [3.63, 3.8) is 0 Å². The van der Waals surface area contributed by atoms with Crippen molar-refractivity contribution in [3.8, 4) is 0 Å². The van der Waals surface area contributed by atoms with Gasteiger partial charge in [-0.15, -0.1) is 0 Å². The van der Waals surface area contributed by atoms with E-state index in [4.69, 9.17) is 0 Å². The fourth-order valence-corrected chi connectivity index (χ4v) is 2.77. The number of fused-ring (bicyclic) bond motifs is 1. The van der Waals surface area contributed by atoms with Crippen LogP contribution in [0.3, 0.4) is 0 Å². The molecule has 9 nitrogen and oxygen atoms in total. The van der Waals surface area contributed by atoms with Gasteiger partial charge in [-0.25, -0.2) is 0 Å². The smallest absolute Gasteiger partial charge is 0.278 e. The van der Waals surface area contributed by atoms with E-state index in [9.17, 15) is 25.0 Å². The number of likely N-dealkylation sites (N-methyl/N-ethyl adjacent to an activating group) is 1. The number of benzene rings is 2. The highest BCUT2D eigenvalue weighted by atomic mass is 16.6. The molecule has 0 saturated heterocycles. The molecule has 26 heavy (non-hydrogen) atoms. The maximum atomic E-state index is 12.4. The van der Waals surface area contributed by atoms with Gasteiger partial charge >= 0.3 is 0 Å². The molecule has 1 aliphatic rings. The number of hydrogen-bond acceptors (Lipinski definition) is 6. The Hall–Kier alpha value is -3.75. The highest BCUT2D eigenvalue weighted by Gasteiger charge is 2.26. The molecule has 1 atom stereocenters. The second-order valence-corrected chi connectivity index (χ2v) is 5.66. The van der Waals surface area contributed by atoms with E-state index in [1.54, 1.807) is 36.2 Å². The maximum absolute atomic E-state index is 12.4. The highest BCUT2D eigenvalue weighted by Crippen LogP contribution is 2.33. The van der Waals surface area contributed by atoms with E-state index in [2.05, 4.69) is 5.32 Å². The number of amides is 1.